The molecule has 0 radical (unpaired) electrons. The zero-order valence-electron chi connectivity index (χ0n) is 15.6. The summed E-state index contributed by atoms with van der Waals surface area (Å²) in [6.45, 7) is 4.43. The standard InChI is InChI=1S/C18H18ClN7OS/c1-9(20-2)7-25(3)18-22-16-12(17(27)26(18)4)14(23-24-16)10-5-6-11-15(13(10)19)28-8-21-11/h5-6,8,20H,1,7H2,2-4H3,(H,23,24). The van der Waals surface area contributed by atoms with E-state index in [1.807, 2.05) is 24.1 Å². The van der Waals surface area contributed by atoms with Crippen LogP contribution in [0.5, 0.6) is 0 Å². The van der Waals surface area contributed by atoms with Crippen LogP contribution in [0.2, 0.25) is 5.02 Å². The Hall–Kier alpha value is -2.91. The van der Waals surface area contributed by atoms with E-state index < -0.39 is 0 Å². The molecule has 3 aromatic heterocycles. The third-order valence-corrected chi connectivity index (χ3v) is 5.96. The lowest BCUT2D eigenvalue weighted by Gasteiger charge is -2.21. The first-order chi connectivity index (χ1) is 13.4. The van der Waals surface area contributed by atoms with Crippen LogP contribution in [0, 0.1) is 0 Å². The van der Waals surface area contributed by atoms with Crippen LogP contribution in [0.1, 0.15) is 0 Å². The van der Waals surface area contributed by atoms with E-state index in [0.29, 0.717) is 39.8 Å². The predicted molar refractivity (Wildman–Crippen MR) is 114 cm³/mol. The van der Waals surface area contributed by atoms with Crippen molar-refractivity contribution in [2.45, 2.75) is 0 Å². The van der Waals surface area contributed by atoms with Gasteiger partial charge in [0, 0.05) is 32.4 Å². The molecule has 2 N–H and O–H groups in total. The Morgan fingerprint density at radius 2 is 2.25 bits per heavy atom. The summed E-state index contributed by atoms with van der Waals surface area (Å²) in [6.07, 6.45) is 0. The lowest BCUT2D eigenvalue weighted by atomic mass is 10.1. The predicted octanol–water partition coefficient (Wildman–Crippen LogP) is 2.76. The third kappa shape index (κ3) is 2.83. The van der Waals surface area contributed by atoms with Crippen molar-refractivity contribution < 1.29 is 0 Å². The van der Waals surface area contributed by atoms with Crippen LogP contribution < -0.4 is 15.8 Å². The molecule has 1 aromatic carbocycles. The van der Waals surface area contributed by atoms with Gasteiger partial charge in [0.25, 0.3) is 5.56 Å². The number of hydrogen-bond donors (Lipinski definition) is 2. The Morgan fingerprint density at radius 1 is 1.46 bits per heavy atom. The topological polar surface area (TPSA) is 91.7 Å². The quantitative estimate of drug-likeness (QED) is 0.520. The Morgan fingerprint density at radius 3 is 3.00 bits per heavy atom. The van der Waals surface area contributed by atoms with Crippen LogP contribution in [0.25, 0.3) is 32.5 Å². The van der Waals surface area contributed by atoms with Crippen LogP contribution in [-0.2, 0) is 7.05 Å². The van der Waals surface area contributed by atoms with Crippen molar-refractivity contribution in [3.8, 4) is 11.3 Å². The first-order valence-electron chi connectivity index (χ1n) is 8.46. The molecule has 0 spiro atoms. The van der Waals surface area contributed by atoms with E-state index >= 15 is 0 Å². The first-order valence-corrected chi connectivity index (χ1v) is 9.72. The minimum absolute atomic E-state index is 0.203. The summed E-state index contributed by atoms with van der Waals surface area (Å²) in [6, 6.07) is 3.70. The van der Waals surface area contributed by atoms with Gasteiger partial charge in [-0.3, -0.25) is 14.5 Å². The molecule has 0 saturated carbocycles. The molecule has 0 aliphatic rings. The van der Waals surface area contributed by atoms with Gasteiger partial charge in [-0.05, 0) is 12.1 Å². The van der Waals surface area contributed by atoms with Crippen LogP contribution >= 0.6 is 22.9 Å². The van der Waals surface area contributed by atoms with E-state index in [9.17, 15) is 4.79 Å². The number of halogens is 1. The highest BCUT2D eigenvalue weighted by Crippen LogP contribution is 2.37. The van der Waals surface area contributed by atoms with E-state index in [2.05, 4.69) is 32.1 Å². The SMILES string of the molecule is C=C(CN(C)c1nc2[nH]nc(-c3ccc4ncsc4c3Cl)c2c(=O)n1C)NC. The maximum atomic E-state index is 13.1. The number of benzene rings is 1. The van der Waals surface area contributed by atoms with E-state index in [-0.39, 0.29) is 5.56 Å². The molecule has 0 amide bonds. The Balaban J connectivity index is 1.89. The van der Waals surface area contributed by atoms with Gasteiger partial charge in [-0.15, -0.1) is 11.3 Å². The number of rotatable bonds is 5. The lowest BCUT2D eigenvalue weighted by Crippen LogP contribution is -2.32. The fraction of sp³-hybridized carbons (Fsp3) is 0.222. The summed E-state index contributed by atoms with van der Waals surface area (Å²) >= 11 is 8.04. The fourth-order valence-electron chi connectivity index (χ4n) is 3.10. The molecule has 0 saturated heterocycles. The van der Waals surface area contributed by atoms with Gasteiger partial charge in [-0.25, -0.2) is 4.98 Å². The maximum absolute atomic E-state index is 13.1. The Bertz CT molecular complexity index is 1270. The number of likely N-dealkylation sites (N-methyl/N-ethyl adjacent to an activating group) is 2. The highest BCUT2D eigenvalue weighted by Gasteiger charge is 2.21. The Labute approximate surface area is 169 Å². The van der Waals surface area contributed by atoms with Crippen molar-refractivity contribution >= 4 is 50.1 Å². The van der Waals surface area contributed by atoms with Gasteiger partial charge < -0.3 is 10.2 Å². The second-order valence-corrected chi connectivity index (χ2v) is 7.64. The lowest BCUT2D eigenvalue weighted by molar-refractivity contribution is 0.770. The summed E-state index contributed by atoms with van der Waals surface area (Å²) < 4.78 is 2.37. The average molecular weight is 416 g/mol. The van der Waals surface area contributed by atoms with Crippen LogP contribution in [0.3, 0.4) is 0 Å². The number of nitrogens with one attached hydrogen (secondary N) is 2. The normalized spacial score (nSPS) is 11.3. The van der Waals surface area contributed by atoms with Crippen LogP contribution in [0.4, 0.5) is 5.95 Å². The van der Waals surface area contributed by atoms with E-state index in [1.165, 1.54) is 15.9 Å². The molecule has 0 fully saturated rings. The van der Waals surface area contributed by atoms with Crippen molar-refractivity contribution in [3.05, 3.63) is 45.3 Å². The molecular weight excluding hydrogens is 398 g/mol. The van der Waals surface area contributed by atoms with Crippen LogP contribution in [0.15, 0.2) is 34.7 Å². The smallest absolute Gasteiger partial charge is 0.266 e. The molecule has 3 heterocycles. The summed E-state index contributed by atoms with van der Waals surface area (Å²) in [4.78, 5) is 23.8. The van der Waals surface area contributed by atoms with E-state index in [4.69, 9.17) is 11.6 Å². The molecule has 4 rings (SSSR count). The Kier molecular flexibility index (Phi) is 4.56. The maximum Gasteiger partial charge on any atom is 0.266 e. The zero-order valence-corrected chi connectivity index (χ0v) is 17.1. The van der Waals surface area contributed by atoms with E-state index in [1.54, 1.807) is 19.6 Å². The van der Waals surface area contributed by atoms with Gasteiger partial charge in [0.1, 0.15) is 11.1 Å². The summed E-state index contributed by atoms with van der Waals surface area (Å²) in [7, 11) is 5.34. The monoisotopic (exact) mass is 415 g/mol. The molecule has 28 heavy (non-hydrogen) atoms. The highest BCUT2D eigenvalue weighted by molar-refractivity contribution is 7.17. The second-order valence-electron chi connectivity index (χ2n) is 6.41. The summed E-state index contributed by atoms with van der Waals surface area (Å²) in [5.41, 5.74) is 4.74. The highest BCUT2D eigenvalue weighted by atomic mass is 35.5. The number of thiazole rings is 1. The molecule has 8 nitrogen and oxygen atoms in total. The van der Waals surface area contributed by atoms with Gasteiger partial charge in [0.05, 0.1) is 27.3 Å². The molecular formula is C18H18ClN7OS. The number of nitrogens with zero attached hydrogens (tertiary/aromatic N) is 5. The number of hydrogen-bond acceptors (Lipinski definition) is 7. The minimum atomic E-state index is -0.203. The summed E-state index contributed by atoms with van der Waals surface area (Å²) in [5.74, 6) is 0.508. The largest absolute Gasteiger partial charge is 0.390 e. The number of aromatic amines is 1. The van der Waals surface area contributed by atoms with Gasteiger partial charge in [0.15, 0.2) is 5.65 Å². The van der Waals surface area contributed by atoms with Gasteiger partial charge >= 0.3 is 0 Å². The average Bonchev–Trinajstić information content (AvgIpc) is 3.32. The third-order valence-electron chi connectivity index (χ3n) is 4.59. The van der Waals surface area contributed by atoms with Crippen molar-refractivity contribution in [1.82, 2.24) is 30.0 Å². The molecule has 0 aliphatic heterocycles. The summed E-state index contributed by atoms with van der Waals surface area (Å²) in [5, 5.41) is 11.1. The number of aromatic nitrogens is 5. The van der Waals surface area contributed by atoms with Crippen LogP contribution in [-0.4, -0.2) is 45.4 Å². The van der Waals surface area contributed by atoms with Gasteiger partial charge in [0.2, 0.25) is 5.95 Å². The number of H-pyrrole nitrogens is 1. The minimum Gasteiger partial charge on any atom is -0.390 e. The number of fused-ring (bicyclic) bond motifs is 2. The first kappa shape index (κ1) is 18.5. The molecule has 144 valence electrons. The second kappa shape index (κ2) is 6.92. The van der Waals surface area contributed by atoms with Crippen molar-refractivity contribution in [2.75, 3.05) is 25.5 Å². The van der Waals surface area contributed by atoms with Gasteiger partial charge in [-0.1, -0.05) is 18.2 Å². The molecule has 0 unspecified atom stereocenters. The van der Waals surface area contributed by atoms with Crippen molar-refractivity contribution in [3.63, 3.8) is 0 Å². The molecule has 0 atom stereocenters. The molecule has 4 aromatic rings. The molecule has 10 heteroatoms. The van der Waals surface area contributed by atoms with Crippen molar-refractivity contribution in [1.29, 1.82) is 0 Å². The zero-order chi connectivity index (χ0) is 20.0. The van der Waals surface area contributed by atoms with Crippen molar-refractivity contribution in [2.24, 2.45) is 7.05 Å². The fourth-order valence-corrected chi connectivity index (χ4v) is 4.21. The van der Waals surface area contributed by atoms with E-state index in [0.717, 1.165) is 15.9 Å². The number of anilines is 1. The molecule has 0 bridgehead atoms. The van der Waals surface area contributed by atoms with Gasteiger partial charge in [-0.2, -0.15) is 10.1 Å². The molecule has 0 aliphatic carbocycles.